The molecule has 2 heterocycles. The Labute approximate surface area is 143 Å². The highest BCUT2D eigenvalue weighted by Gasteiger charge is 2.11. The van der Waals surface area contributed by atoms with Crippen molar-refractivity contribution >= 4 is 23.1 Å². The van der Waals surface area contributed by atoms with E-state index in [2.05, 4.69) is 27.3 Å². The van der Waals surface area contributed by atoms with Gasteiger partial charge in [-0.25, -0.2) is 4.98 Å². The van der Waals surface area contributed by atoms with E-state index in [1.807, 2.05) is 37.2 Å². The van der Waals surface area contributed by atoms with Crippen LogP contribution in [0.3, 0.4) is 0 Å². The molecule has 5 nitrogen and oxygen atoms in total. The van der Waals surface area contributed by atoms with Gasteiger partial charge in [0.15, 0.2) is 0 Å². The lowest BCUT2D eigenvalue weighted by Crippen LogP contribution is -2.29. The lowest BCUT2D eigenvalue weighted by atomic mass is 10.1. The molecule has 0 radical (unpaired) electrons. The summed E-state index contributed by atoms with van der Waals surface area (Å²) < 4.78 is 0. The number of amides is 1. The van der Waals surface area contributed by atoms with Crippen molar-refractivity contribution < 1.29 is 4.79 Å². The number of pyridine rings is 1. The van der Waals surface area contributed by atoms with E-state index in [0.717, 1.165) is 24.6 Å². The van der Waals surface area contributed by atoms with Gasteiger partial charge in [-0.1, -0.05) is 0 Å². The Kier molecular flexibility index (Phi) is 4.99. The average Bonchev–Trinajstić information content (AvgIpc) is 2.63. The lowest BCUT2D eigenvalue weighted by molar-refractivity contribution is 0.102. The summed E-state index contributed by atoms with van der Waals surface area (Å²) in [6.45, 7) is 2.24. The van der Waals surface area contributed by atoms with E-state index in [1.165, 1.54) is 24.9 Å². The first-order valence-corrected chi connectivity index (χ1v) is 8.43. The molecule has 1 aliphatic heterocycles. The maximum absolute atomic E-state index is 12.3. The minimum absolute atomic E-state index is 0.140. The number of benzene rings is 1. The Hall–Kier alpha value is -2.56. The predicted molar refractivity (Wildman–Crippen MR) is 99.0 cm³/mol. The third-order valence-electron chi connectivity index (χ3n) is 4.31. The first-order chi connectivity index (χ1) is 11.6. The van der Waals surface area contributed by atoms with E-state index in [0.29, 0.717) is 5.56 Å². The Balaban J connectivity index is 1.63. The van der Waals surface area contributed by atoms with Crippen LogP contribution in [0.5, 0.6) is 0 Å². The second kappa shape index (κ2) is 7.34. The molecule has 0 aliphatic carbocycles. The molecule has 0 saturated carbocycles. The molecular weight excluding hydrogens is 300 g/mol. The van der Waals surface area contributed by atoms with Crippen molar-refractivity contribution in [3.63, 3.8) is 0 Å². The first-order valence-electron chi connectivity index (χ1n) is 8.43. The summed E-state index contributed by atoms with van der Waals surface area (Å²) in [5.74, 6) is 0.691. The largest absolute Gasteiger partial charge is 0.372 e. The predicted octanol–water partition coefficient (Wildman–Crippen LogP) is 3.39. The summed E-state index contributed by atoms with van der Waals surface area (Å²) >= 11 is 0. The SMILES string of the molecule is CN(C)c1ccc(C(=O)Nc2ccc(N3CCCCC3)cc2)cn1. The van der Waals surface area contributed by atoms with Gasteiger partial charge in [0.05, 0.1) is 5.56 Å². The molecule has 126 valence electrons. The molecule has 0 unspecified atom stereocenters. The second-order valence-corrected chi connectivity index (χ2v) is 6.35. The highest BCUT2D eigenvalue weighted by atomic mass is 16.1. The Morgan fingerprint density at radius 3 is 2.33 bits per heavy atom. The summed E-state index contributed by atoms with van der Waals surface area (Å²) in [4.78, 5) is 20.9. The van der Waals surface area contributed by atoms with Crippen LogP contribution in [0.2, 0.25) is 0 Å². The quantitative estimate of drug-likeness (QED) is 0.936. The molecule has 5 heteroatoms. The summed E-state index contributed by atoms with van der Waals surface area (Å²) in [6.07, 6.45) is 5.45. The number of carbonyl (C=O) groups excluding carboxylic acids is 1. The zero-order valence-electron chi connectivity index (χ0n) is 14.3. The van der Waals surface area contributed by atoms with Crippen molar-refractivity contribution in [3.05, 3.63) is 48.2 Å². The molecule has 0 atom stereocenters. The maximum atomic E-state index is 12.3. The third kappa shape index (κ3) is 3.85. The number of anilines is 3. The molecule has 24 heavy (non-hydrogen) atoms. The van der Waals surface area contributed by atoms with Crippen molar-refractivity contribution in [1.29, 1.82) is 0 Å². The minimum Gasteiger partial charge on any atom is -0.372 e. The van der Waals surface area contributed by atoms with Crippen molar-refractivity contribution in [2.75, 3.05) is 42.3 Å². The van der Waals surface area contributed by atoms with Gasteiger partial charge in [0.1, 0.15) is 5.82 Å². The van der Waals surface area contributed by atoms with Crippen LogP contribution in [0.1, 0.15) is 29.6 Å². The Morgan fingerprint density at radius 2 is 1.75 bits per heavy atom. The van der Waals surface area contributed by atoms with Crippen molar-refractivity contribution in [2.24, 2.45) is 0 Å². The highest BCUT2D eigenvalue weighted by Crippen LogP contribution is 2.22. The smallest absolute Gasteiger partial charge is 0.257 e. The standard InChI is InChI=1S/C19H24N4O/c1-22(2)18-11-6-15(14-20-18)19(24)21-16-7-9-17(10-8-16)23-12-4-3-5-13-23/h6-11,14H,3-5,12-13H2,1-2H3,(H,21,24). The normalized spacial score (nSPS) is 14.3. The van der Waals surface area contributed by atoms with Crippen LogP contribution in [0.25, 0.3) is 0 Å². The van der Waals surface area contributed by atoms with Gasteiger partial charge in [-0.2, -0.15) is 0 Å². The molecule has 1 aliphatic rings. The van der Waals surface area contributed by atoms with Crippen LogP contribution in [0.4, 0.5) is 17.2 Å². The van der Waals surface area contributed by atoms with Crippen molar-refractivity contribution in [2.45, 2.75) is 19.3 Å². The fourth-order valence-corrected chi connectivity index (χ4v) is 2.90. The van der Waals surface area contributed by atoms with E-state index in [1.54, 1.807) is 12.3 Å². The number of rotatable bonds is 4. The summed E-state index contributed by atoms with van der Waals surface area (Å²) in [5, 5.41) is 2.93. The van der Waals surface area contributed by atoms with Gasteiger partial charge in [0, 0.05) is 44.8 Å². The van der Waals surface area contributed by atoms with Gasteiger partial charge in [0.25, 0.3) is 5.91 Å². The number of hydrogen-bond acceptors (Lipinski definition) is 4. The highest BCUT2D eigenvalue weighted by molar-refractivity contribution is 6.04. The van der Waals surface area contributed by atoms with Gasteiger partial charge < -0.3 is 15.1 Å². The van der Waals surface area contributed by atoms with Gasteiger partial charge in [0.2, 0.25) is 0 Å². The summed E-state index contributed by atoms with van der Waals surface area (Å²) in [5.41, 5.74) is 2.59. The summed E-state index contributed by atoms with van der Waals surface area (Å²) in [7, 11) is 3.85. The van der Waals surface area contributed by atoms with Gasteiger partial charge in [-0.05, 0) is 55.7 Å². The molecule has 3 rings (SSSR count). The minimum atomic E-state index is -0.140. The molecule has 1 N–H and O–H groups in total. The number of carbonyl (C=O) groups is 1. The number of nitrogens with one attached hydrogen (secondary N) is 1. The summed E-state index contributed by atoms with van der Waals surface area (Å²) in [6, 6.07) is 11.7. The average molecular weight is 324 g/mol. The van der Waals surface area contributed by atoms with Crippen LogP contribution >= 0.6 is 0 Å². The molecule has 1 fully saturated rings. The van der Waals surface area contributed by atoms with E-state index in [4.69, 9.17) is 0 Å². The Morgan fingerprint density at radius 1 is 1.04 bits per heavy atom. The fraction of sp³-hybridized carbons (Fsp3) is 0.368. The van der Waals surface area contributed by atoms with E-state index in [9.17, 15) is 4.79 Å². The molecule has 0 spiro atoms. The van der Waals surface area contributed by atoms with E-state index >= 15 is 0 Å². The fourth-order valence-electron chi connectivity index (χ4n) is 2.90. The molecular formula is C19H24N4O. The van der Waals surface area contributed by atoms with Gasteiger partial charge in [-0.3, -0.25) is 4.79 Å². The molecule has 1 aromatic carbocycles. The zero-order valence-corrected chi connectivity index (χ0v) is 14.3. The number of nitrogens with zero attached hydrogens (tertiary/aromatic N) is 3. The number of hydrogen-bond donors (Lipinski definition) is 1. The molecule has 2 aromatic rings. The molecule has 1 saturated heterocycles. The monoisotopic (exact) mass is 324 g/mol. The van der Waals surface area contributed by atoms with Gasteiger partial charge >= 0.3 is 0 Å². The number of aromatic nitrogens is 1. The van der Waals surface area contributed by atoms with Crippen LogP contribution in [-0.2, 0) is 0 Å². The Bertz CT molecular complexity index is 674. The van der Waals surface area contributed by atoms with Crippen molar-refractivity contribution in [1.82, 2.24) is 4.98 Å². The van der Waals surface area contributed by atoms with Gasteiger partial charge in [-0.15, -0.1) is 0 Å². The van der Waals surface area contributed by atoms with Crippen molar-refractivity contribution in [3.8, 4) is 0 Å². The van der Waals surface area contributed by atoms with Crippen LogP contribution in [-0.4, -0.2) is 38.1 Å². The lowest BCUT2D eigenvalue weighted by Gasteiger charge is -2.28. The van der Waals surface area contributed by atoms with E-state index in [-0.39, 0.29) is 5.91 Å². The van der Waals surface area contributed by atoms with Crippen LogP contribution in [0, 0.1) is 0 Å². The van der Waals surface area contributed by atoms with Crippen LogP contribution in [0.15, 0.2) is 42.6 Å². The second-order valence-electron chi connectivity index (χ2n) is 6.35. The van der Waals surface area contributed by atoms with E-state index < -0.39 is 0 Å². The first kappa shape index (κ1) is 16.3. The molecule has 1 amide bonds. The maximum Gasteiger partial charge on any atom is 0.257 e. The molecule has 1 aromatic heterocycles. The topological polar surface area (TPSA) is 48.5 Å². The number of piperidine rings is 1. The zero-order chi connectivity index (χ0) is 16.9. The molecule has 0 bridgehead atoms. The van der Waals surface area contributed by atoms with Crippen LogP contribution < -0.4 is 15.1 Å². The third-order valence-corrected chi connectivity index (χ3v) is 4.31.